The van der Waals surface area contributed by atoms with Gasteiger partial charge in [0.1, 0.15) is 0 Å². The maximum atomic E-state index is 11.8. The van der Waals surface area contributed by atoms with E-state index in [1.807, 2.05) is 33.8 Å². The summed E-state index contributed by atoms with van der Waals surface area (Å²) in [5.41, 5.74) is 4.23. The predicted molar refractivity (Wildman–Crippen MR) is 81.9 cm³/mol. The van der Waals surface area contributed by atoms with Gasteiger partial charge in [-0.05, 0) is 33.8 Å². The molecule has 7 heteroatoms. The first-order valence-corrected chi connectivity index (χ1v) is 7.17. The van der Waals surface area contributed by atoms with Crippen LogP contribution in [0.25, 0.3) is 5.95 Å². The number of aliphatic hydroxyl groups is 1. The van der Waals surface area contributed by atoms with Crippen molar-refractivity contribution in [3.8, 4) is 5.95 Å². The summed E-state index contributed by atoms with van der Waals surface area (Å²) in [6.07, 6.45) is 0.225. The molecule has 0 unspecified atom stereocenters. The maximum absolute atomic E-state index is 11.8. The minimum atomic E-state index is -0.138. The highest BCUT2D eigenvalue weighted by Gasteiger charge is 2.17. The summed E-state index contributed by atoms with van der Waals surface area (Å²) < 4.78 is 1.67. The Bertz CT molecular complexity index is 673. The van der Waals surface area contributed by atoms with E-state index in [1.54, 1.807) is 4.68 Å². The first kappa shape index (κ1) is 16.1. The van der Waals surface area contributed by atoms with Crippen molar-refractivity contribution in [2.75, 3.05) is 13.2 Å². The predicted octanol–water partition coefficient (Wildman–Crippen LogP) is 0.547. The molecule has 22 heavy (non-hydrogen) atoms. The number of aromatic nitrogens is 4. The molecule has 0 aliphatic rings. The largest absolute Gasteiger partial charge is 0.395 e. The molecule has 0 aliphatic carbocycles. The van der Waals surface area contributed by atoms with Crippen molar-refractivity contribution >= 4 is 5.91 Å². The van der Waals surface area contributed by atoms with Gasteiger partial charge in [-0.15, -0.1) is 0 Å². The van der Waals surface area contributed by atoms with E-state index in [4.69, 9.17) is 5.11 Å². The van der Waals surface area contributed by atoms with Crippen molar-refractivity contribution in [2.45, 2.75) is 34.1 Å². The number of nitrogens with one attached hydrogen (secondary N) is 1. The highest BCUT2D eigenvalue weighted by molar-refractivity contribution is 5.79. The Labute approximate surface area is 129 Å². The molecule has 2 aromatic heterocycles. The zero-order valence-corrected chi connectivity index (χ0v) is 13.3. The van der Waals surface area contributed by atoms with Gasteiger partial charge in [0.2, 0.25) is 5.91 Å². The molecule has 0 aliphatic heterocycles. The van der Waals surface area contributed by atoms with Gasteiger partial charge in [0.05, 0.1) is 18.7 Å². The third-order valence-corrected chi connectivity index (χ3v) is 3.37. The number of aliphatic hydroxyl groups excluding tert-OH is 1. The summed E-state index contributed by atoms with van der Waals surface area (Å²) >= 11 is 0. The van der Waals surface area contributed by atoms with Gasteiger partial charge in [0.25, 0.3) is 5.95 Å². The van der Waals surface area contributed by atoms with Gasteiger partial charge in [-0.1, -0.05) is 0 Å². The van der Waals surface area contributed by atoms with Crippen LogP contribution in [-0.2, 0) is 11.2 Å². The first-order valence-electron chi connectivity index (χ1n) is 7.17. The third kappa shape index (κ3) is 3.48. The fraction of sp³-hybridized carbons (Fsp3) is 0.467. The van der Waals surface area contributed by atoms with E-state index in [0.29, 0.717) is 5.95 Å². The summed E-state index contributed by atoms with van der Waals surface area (Å²) in [7, 11) is 0. The molecule has 7 nitrogen and oxygen atoms in total. The number of aryl methyl sites for hydroxylation is 3. The second-order valence-corrected chi connectivity index (χ2v) is 5.26. The molecule has 2 rings (SSSR count). The van der Waals surface area contributed by atoms with E-state index in [1.165, 1.54) is 0 Å². The number of amides is 1. The van der Waals surface area contributed by atoms with Crippen LogP contribution in [0.3, 0.4) is 0 Å². The van der Waals surface area contributed by atoms with Gasteiger partial charge in [-0.3, -0.25) is 4.79 Å². The van der Waals surface area contributed by atoms with Gasteiger partial charge in [-0.2, -0.15) is 5.10 Å². The van der Waals surface area contributed by atoms with Crippen LogP contribution in [0.2, 0.25) is 0 Å². The maximum Gasteiger partial charge on any atom is 0.251 e. The Morgan fingerprint density at radius 2 is 1.86 bits per heavy atom. The molecule has 2 aromatic rings. The molecule has 0 aromatic carbocycles. The van der Waals surface area contributed by atoms with E-state index in [9.17, 15) is 4.79 Å². The van der Waals surface area contributed by atoms with E-state index < -0.39 is 0 Å². The molecule has 0 saturated heterocycles. The minimum absolute atomic E-state index is 0.0701. The molecule has 118 valence electrons. The molecule has 2 heterocycles. The molecular weight excluding hydrogens is 282 g/mol. The second kappa shape index (κ2) is 6.65. The molecule has 1 amide bonds. The number of rotatable bonds is 5. The summed E-state index contributed by atoms with van der Waals surface area (Å²) in [4.78, 5) is 20.6. The van der Waals surface area contributed by atoms with Gasteiger partial charge in [0.15, 0.2) is 0 Å². The first-order chi connectivity index (χ1) is 10.4. The number of hydrogen-bond acceptors (Lipinski definition) is 5. The third-order valence-electron chi connectivity index (χ3n) is 3.37. The van der Waals surface area contributed by atoms with Crippen molar-refractivity contribution in [1.82, 2.24) is 25.1 Å². The van der Waals surface area contributed by atoms with Crippen LogP contribution in [0.1, 0.15) is 28.3 Å². The Hall–Kier alpha value is -2.28. The lowest BCUT2D eigenvalue weighted by Crippen LogP contribution is -2.28. The van der Waals surface area contributed by atoms with Crippen LogP contribution >= 0.6 is 0 Å². The zero-order chi connectivity index (χ0) is 16.3. The van der Waals surface area contributed by atoms with Crippen molar-refractivity contribution in [3.05, 3.63) is 34.4 Å². The molecule has 2 N–H and O–H groups in total. The van der Waals surface area contributed by atoms with Crippen LogP contribution in [0.15, 0.2) is 6.07 Å². The highest BCUT2D eigenvalue weighted by atomic mass is 16.3. The fourth-order valence-electron chi connectivity index (χ4n) is 2.35. The Balaban J connectivity index is 2.32. The average molecular weight is 303 g/mol. The molecule has 0 atom stereocenters. The van der Waals surface area contributed by atoms with Crippen molar-refractivity contribution in [1.29, 1.82) is 0 Å². The monoisotopic (exact) mass is 303 g/mol. The summed E-state index contributed by atoms with van der Waals surface area (Å²) in [6, 6.07) is 1.90. The van der Waals surface area contributed by atoms with Crippen LogP contribution in [-0.4, -0.2) is 43.9 Å². The molecule has 0 spiro atoms. The average Bonchev–Trinajstić information content (AvgIpc) is 2.72. The van der Waals surface area contributed by atoms with Gasteiger partial charge in [-0.25, -0.2) is 14.6 Å². The van der Waals surface area contributed by atoms with Crippen LogP contribution < -0.4 is 5.32 Å². The molecule has 0 bridgehead atoms. The van der Waals surface area contributed by atoms with Gasteiger partial charge < -0.3 is 10.4 Å². The Kier molecular flexibility index (Phi) is 4.87. The standard InChI is InChI=1S/C15H21N5O2/c1-9-7-10(2)18-15(17-9)20-12(4)13(11(3)19-20)8-14(22)16-5-6-21/h7,21H,5-6,8H2,1-4H3,(H,16,22). The quantitative estimate of drug-likeness (QED) is 0.841. The lowest BCUT2D eigenvalue weighted by Gasteiger charge is -2.06. The minimum Gasteiger partial charge on any atom is -0.395 e. The summed E-state index contributed by atoms with van der Waals surface area (Å²) in [5.74, 6) is 0.376. The topological polar surface area (TPSA) is 92.9 Å². The number of hydrogen-bond donors (Lipinski definition) is 2. The fourth-order valence-corrected chi connectivity index (χ4v) is 2.35. The second-order valence-electron chi connectivity index (χ2n) is 5.26. The SMILES string of the molecule is Cc1cc(C)nc(-n2nc(C)c(CC(=O)NCCO)c2C)n1. The normalized spacial score (nSPS) is 10.8. The van der Waals surface area contributed by atoms with E-state index in [0.717, 1.165) is 28.3 Å². The molecule has 0 saturated carbocycles. The van der Waals surface area contributed by atoms with Crippen LogP contribution in [0.5, 0.6) is 0 Å². The number of carbonyl (C=O) groups excluding carboxylic acids is 1. The lowest BCUT2D eigenvalue weighted by atomic mass is 10.1. The highest BCUT2D eigenvalue weighted by Crippen LogP contribution is 2.17. The van der Waals surface area contributed by atoms with Crippen LogP contribution in [0.4, 0.5) is 0 Å². The van der Waals surface area contributed by atoms with Crippen molar-refractivity contribution < 1.29 is 9.90 Å². The smallest absolute Gasteiger partial charge is 0.251 e. The Morgan fingerprint density at radius 3 is 2.45 bits per heavy atom. The van der Waals surface area contributed by atoms with Gasteiger partial charge in [0, 0.05) is 29.2 Å². The van der Waals surface area contributed by atoms with Crippen molar-refractivity contribution in [2.24, 2.45) is 0 Å². The van der Waals surface area contributed by atoms with E-state index in [2.05, 4.69) is 20.4 Å². The molecule has 0 fully saturated rings. The number of nitrogens with zero attached hydrogens (tertiary/aromatic N) is 4. The Morgan fingerprint density at radius 1 is 1.23 bits per heavy atom. The van der Waals surface area contributed by atoms with E-state index in [-0.39, 0.29) is 25.5 Å². The summed E-state index contributed by atoms with van der Waals surface area (Å²) in [6.45, 7) is 7.77. The summed E-state index contributed by atoms with van der Waals surface area (Å²) in [5, 5.41) is 15.9. The molecule has 0 radical (unpaired) electrons. The molecular formula is C15H21N5O2. The van der Waals surface area contributed by atoms with Crippen LogP contribution in [0, 0.1) is 27.7 Å². The van der Waals surface area contributed by atoms with E-state index >= 15 is 0 Å². The van der Waals surface area contributed by atoms with Crippen molar-refractivity contribution in [3.63, 3.8) is 0 Å². The van der Waals surface area contributed by atoms with Gasteiger partial charge >= 0.3 is 0 Å². The lowest BCUT2D eigenvalue weighted by molar-refractivity contribution is -0.120. The zero-order valence-electron chi connectivity index (χ0n) is 13.3. The number of carbonyl (C=O) groups is 1.